The molecule has 3 rings (SSSR count). The molecule has 0 aliphatic heterocycles. The normalized spacial score (nSPS) is 15.6. The van der Waals surface area contributed by atoms with Gasteiger partial charge in [0.25, 0.3) is 0 Å². The van der Waals surface area contributed by atoms with Crippen molar-refractivity contribution in [3.05, 3.63) is 70.3 Å². The molecule has 162 valence electrons. The number of carboxylic acid groups (broad SMARTS) is 1. The summed E-state index contributed by atoms with van der Waals surface area (Å²) in [5.74, 6) is -3.44. The minimum atomic E-state index is -1.97. The van der Waals surface area contributed by atoms with Crippen LogP contribution in [0.5, 0.6) is 0 Å². The van der Waals surface area contributed by atoms with Crippen LogP contribution >= 0.6 is 0 Å². The summed E-state index contributed by atoms with van der Waals surface area (Å²) >= 11 is 0. The molecule has 2 aromatic rings. The largest absolute Gasteiger partial charge is 0.481 e. The predicted molar refractivity (Wildman–Crippen MR) is 116 cm³/mol. The zero-order valence-electron chi connectivity index (χ0n) is 18.2. The summed E-state index contributed by atoms with van der Waals surface area (Å²) in [6, 6.07) is 11.6. The Kier molecular flexibility index (Phi) is 6.11. The summed E-state index contributed by atoms with van der Waals surface area (Å²) in [6.07, 6.45) is 0.951. The lowest BCUT2D eigenvalue weighted by atomic mass is 9.76. The molecule has 1 unspecified atom stereocenters. The number of amides is 1. The van der Waals surface area contributed by atoms with Crippen LogP contribution in [0.3, 0.4) is 0 Å². The highest BCUT2D eigenvalue weighted by atomic mass is 16.4. The quantitative estimate of drug-likeness (QED) is 0.653. The van der Waals surface area contributed by atoms with E-state index in [1.807, 2.05) is 20.8 Å². The topological polar surface area (TPSA) is 101 Å². The van der Waals surface area contributed by atoms with Crippen molar-refractivity contribution in [2.75, 3.05) is 0 Å². The molecule has 2 aromatic carbocycles. The molecule has 6 heteroatoms. The van der Waals surface area contributed by atoms with Gasteiger partial charge in [-0.15, -0.1) is 0 Å². The summed E-state index contributed by atoms with van der Waals surface area (Å²) in [7, 11) is 0. The predicted octanol–water partition coefficient (Wildman–Crippen LogP) is 4.19. The first kappa shape index (κ1) is 22.4. The van der Waals surface area contributed by atoms with Crippen LogP contribution in [0.2, 0.25) is 0 Å². The minimum absolute atomic E-state index is 0.118. The second kappa shape index (κ2) is 8.46. The maximum atomic E-state index is 13.6. The lowest BCUT2D eigenvalue weighted by Crippen LogP contribution is -2.54. The second-order valence-electron chi connectivity index (χ2n) is 8.32. The van der Waals surface area contributed by atoms with Gasteiger partial charge < -0.3 is 10.4 Å². The second-order valence-corrected chi connectivity index (χ2v) is 8.32. The zero-order valence-corrected chi connectivity index (χ0v) is 18.2. The van der Waals surface area contributed by atoms with Gasteiger partial charge in [-0.25, -0.2) is 0 Å². The molecular formula is C25H27NO5. The Hall–Kier alpha value is -3.28. The first-order valence-corrected chi connectivity index (χ1v) is 10.5. The van der Waals surface area contributed by atoms with Crippen molar-refractivity contribution in [2.24, 2.45) is 0 Å². The van der Waals surface area contributed by atoms with Crippen LogP contribution in [0, 0.1) is 0 Å². The molecule has 0 aromatic heterocycles. The average Bonchev–Trinajstić information content (AvgIpc) is 2.93. The summed E-state index contributed by atoms with van der Waals surface area (Å²) in [4.78, 5) is 51.6. The monoisotopic (exact) mass is 421 g/mol. The van der Waals surface area contributed by atoms with E-state index in [4.69, 9.17) is 0 Å². The number of Topliss-reactive ketones (excluding diaryl/α,β-unsaturated/α-hetero) is 2. The Morgan fingerprint density at radius 1 is 1.03 bits per heavy atom. The number of hydrogen-bond acceptors (Lipinski definition) is 4. The fourth-order valence-electron chi connectivity index (χ4n) is 4.35. The highest BCUT2D eigenvalue weighted by Crippen LogP contribution is 2.42. The van der Waals surface area contributed by atoms with Crippen LogP contribution in [-0.2, 0) is 15.1 Å². The van der Waals surface area contributed by atoms with Gasteiger partial charge in [-0.2, -0.15) is 0 Å². The third-order valence-corrected chi connectivity index (χ3v) is 5.86. The van der Waals surface area contributed by atoms with Crippen molar-refractivity contribution >= 4 is 23.4 Å². The number of nitrogens with one attached hydrogen (secondary N) is 1. The van der Waals surface area contributed by atoms with E-state index >= 15 is 0 Å². The molecule has 0 radical (unpaired) electrons. The first-order chi connectivity index (χ1) is 14.6. The number of fused-ring (bicyclic) bond motifs is 1. The van der Waals surface area contributed by atoms with Crippen LogP contribution in [0.1, 0.15) is 89.8 Å². The summed E-state index contributed by atoms with van der Waals surface area (Å²) in [5.41, 5.74) is 0.00406. The maximum absolute atomic E-state index is 13.6. The molecule has 0 fully saturated rings. The van der Waals surface area contributed by atoms with Gasteiger partial charge in [0, 0.05) is 18.1 Å². The third-order valence-electron chi connectivity index (χ3n) is 5.86. The van der Waals surface area contributed by atoms with E-state index in [-0.39, 0.29) is 22.6 Å². The Morgan fingerprint density at radius 2 is 1.61 bits per heavy atom. The van der Waals surface area contributed by atoms with Crippen molar-refractivity contribution in [2.45, 2.75) is 57.9 Å². The van der Waals surface area contributed by atoms with E-state index in [1.54, 1.807) is 42.5 Å². The Balaban J connectivity index is 2.36. The van der Waals surface area contributed by atoms with Crippen molar-refractivity contribution in [3.8, 4) is 0 Å². The van der Waals surface area contributed by atoms with Crippen LogP contribution in [0.25, 0.3) is 0 Å². The van der Waals surface area contributed by atoms with Crippen molar-refractivity contribution in [1.29, 1.82) is 0 Å². The number of carbonyl (C=O) groups excluding carboxylic acids is 3. The van der Waals surface area contributed by atoms with Gasteiger partial charge in [-0.05, 0) is 29.0 Å². The van der Waals surface area contributed by atoms with Gasteiger partial charge in [0.1, 0.15) is 0 Å². The summed E-state index contributed by atoms with van der Waals surface area (Å²) in [5, 5.41) is 12.6. The fraction of sp³-hybridized carbons (Fsp3) is 0.360. The number of hydrogen-bond donors (Lipinski definition) is 2. The first-order valence-electron chi connectivity index (χ1n) is 10.5. The smallest absolute Gasteiger partial charge is 0.310 e. The molecular weight excluding hydrogens is 394 g/mol. The van der Waals surface area contributed by atoms with Crippen molar-refractivity contribution in [1.82, 2.24) is 5.32 Å². The number of rotatable bonds is 7. The van der Waals surface area contributed by atoms with Crippen molar-refractivity contribution < 1.29 is 24.3 Å². The Morgan fingerprint density at radius 3 is 2.06 bits per heavy atom. The molecule has 0 saturated carbocycles. The van der Waals surface area contributed by atoms with Gasteiger partial charge in [-0.3, -0.25) is 19.2 Å². The standard InChI is InChI=1S/C25H27NO5/c1-5-8-19(24(30)31)20-13-16(14(2)3)11-12-21(20)25(26-15(4)27)22(28)17-9-6-7-10-18(17)23(25)29/h6-7,9-14,19H,5,8H2,1-4H3,(H,26,27)(H,30,31). The molecule has 1 aliphatic rings. The number of ketones is 2. The van der Waals surface area contributed by atoms with Crippen LogP contribution in [0.4, 0.5) is 0 Å². The van der Waals surface area contributed by atoms with Gasteiger partial charge in [0.2, 0.25) is 17.5 Å². The molecule has 2 N–H and O–H groups in total. The van der Waals surface area contributed by atoms with E-state index in [9.17, 15) is 24.3 Å². The molecule has 0 saturated heterocycles. The number of aliphatic carboxylic acids is 1. The molecule has 6 nitrogen and oxygen atoms in total. The molecule has 0 spiro atoms. The van der Waals surface area contributed by atoms with Gasteiger partial charge >= 0.3 is 5.97 Å². The Labute approximate surface area is 181 Å². The molecule has 1 amide bonds. The lowest BCUT2D eigenvalue weighted by Gasteiger charge is -2.31. The van der Waals surface area contributed by atoms with Crippen molar-refractivity contribution in [3.63, 3.8) is 0 Å². The third kappa shape index (κ3) is 3.67. The van der Waals surface area contributed by atoms with E-state index in [2.05, 4.69) is 5.32 Å². The SMILES string of the molecule is CCCC(C(=O)O)c1cc(C(C)C)ccc1C1(NC(C)=O)C(=O)c2ccccc2C1=O. The lowest BCUT2D eigenvalue weighted by molar-refractivity contribution is -0.139. The van der Waals surface area contributed by atoms with E-state index < -0.39 is 34.9 Å². The summed E-state index contributed by atoms with van der Waals surface area (Å²) in [6.45, 7) is 7.10. The van der Waals surface area contributed by atoms with Gasteiger partial charge in [0.15, 0.2) is 5.54 Å². The number of carboxylic acids is 1. The minimum Gasteiger partial charge on any atom is -0.481 e. The van der Waals surface area contributed by atoms with Gasteiger partial charge in [0.05, 0.1) is 5.92 Å². The summed E-state index contributed by atoms with van der Waals surface area (Å²) < 4.78 is 0. The van der Waals surface area contributed by atoms with Crippen LogP contribution < -0.4 is 5.32 Å². The van der Waals surface area contributed by atoms with Crippen LogP contribution in [0.15, 0.2) is 42.5 Å². The fourth-order valence-corrected chi connectivity index (χ4v) is 4.35. The number of benzene rings is 2. The molecule has 1 atom stereocenters. The van der Waals surface area contributed by atoms with E-state index in [0.717, 1.165) is 5.56 Å². The average molecular weight is 421 g/mol. The maximum Gasteiger partial charge on any atom is 0.310 e. The highest BCUT2D eigenvalue weighted by Gasteiger charge is 2.56. The molecule has 1 aliphatic carbocycles. The van der Waals surface area contributed by atoms with Gasteiger partial charge in [-0.1, -0.05) is 69.7 Å². The molecule has 0 bridgehead atoms. The molecule has 0 heterocycles. The van der Waals surface area contributed by atoms with Crippen LogP contribution in [-0.4, -0.2) is 28.5 Å². The van der Waals surface area contributed by atoms with E-state index in [0.29, 0.717) is 18.4 Å². The number of carbonyl (C=O) groups is 4. The highest BCUT2D eigenvalue weighted by molar-refractivity contribution is 6.33. The van der Waals surface area contributed by atoms with E-state index in [1.165, 1.54) is 6.92 Å². The Bertz CT molecular complexity index is 1030. The molecule has 31 heavy (non-hydrogen) atoms. The zero-order chi connectivity index (χ0) is 22.9.